The topological polar surface area (TPSA) is 79.5 Å². The molecule has 1 aromatic carbocycles. The summed E-state index contributed by atoms with van der Waals surface area (Å²) in [5.41, 5.74) is 0.803. The van der Waals surface area contributed by atoms with Crippen molar-refractivity contribution in [3.8, 4) is 11.5 Å². The Balaban J connectivity index is 1.53. The number of piperidine rings is 1. The van der Waals surface area contributed by atoms with Crippen LogP contribution in [0.3, 0.4) is 0 Å². The minimum Gasteiger partial charge on any atom is -0.421 e. The molecule has 7 heteroatoms. The SMILES string of the molecule is O=C(CCc1nnc(-c2ccc(Cl)cc2)o1)N1CCCC(CCO)C1. The lowest BCUT2D eigenvalue weighted by Gasteiger charge is -2.32. The first-order chi connectivity index (χ1) is 12.2. The molecule has 134 valence electrons. The number of amides is 1. The zero-order chi connectivity index (χ0) is 17.6. The summed E-state index contributed by atoms with van der Waals surface area (Å²) in [5, 5.41) is 17.8. The molecule has 1 fully saturated rings. The van der Waals surface area contributed by atoms with Gasteiger partial charge in [0.1, 0.15) is 0 Å². The smallest absolute Gasteiger partial charge is 0.247 e. The van der Waals surface area contributed by atoms with Crippen molar-refractivity contribution in [2.24, 2.45) is 5.92 Å². The number of hydrogen-bond acceptors (Lipinski definition) is 5. The number of carbonyl (C=O) groups is 1. The first kappa shape index (κ1) is 17.9. The molecule has 0 spiro atoms. The van der Waals surface area contributed by atoms with E-state index >= 15 is 0 Å². The predicted octanol–water partition coefficient (Wildman–Crippen LogP) is 2.94. The van der Waals surface area contributed by atoms with Crippen molar-refractivity contribution in [1.29, 1.82) is 0 Å². The Morgan fingerprint density at radius 2 is 2.12 bits per heavy atom. The first-order valence-corrected chi connectivity index (χ1v) is 9.00. The number of aliphatic hydroxyl groups is 1. The van der Waals surface area contributed by atoms with Gasteiger partial charge in [0, 0.05) is 43.1 Å². The highest BCUT2D eigenvalue weighted by Crippen LogP contribution is 2.22. The van der Waals surface area contributed by atoms with E-state index in [0.717, 1.165) is 37.9 Å². The molecule has 1 atom stereocenters. The molecule has 3 rings (SSSR count). The third-order valence-corrected chi connectivity index (χ3v) is 4.77. The zero-order valence-electron chi connectivity index (χ0n) is 14.0. The highest BCUT2D eigenvalue weighted by atomic mass is 35.5. The molecular weight excluding hydrogens is 342 g/mol. The van der Waals surface area contributed by atoms with E-state index in [4.69, 9.17) is 21.1 Å². The van der Waals surface area contributed by atoms with Gasteiger partial charge in [-0.15, -0.1) is 10.2 Å². The van der Waals surface area contributed by atoms with Gasteiger partial charge in [-0.2, -0.15) is 0 Å². The molecule has 1 saturated heterocycles. The van der Waals surface area contributed by atoms with Crippen molar-refractivity contribution in [3.05, 3.63) is 35.2 Å². The summed E-state index contributed by atoms with van der Waals surface area (Å²) < 4.78 is 5.64. The number of aromatic nitrogens is 2. The minimum atomic E-state index is 0.105. The lowest BCUT2D eigenvalue weighted by atomic mass is 9.95. The Morgan fingerprint density at radius 1 is 1.32 bits per heavy atom. The molecule has 25 heavy (non-hydrogen) atoms. The third-order valence-electron chi connectivity index (χ3n) is 4.52. The van der Waals surface area contributed by atoms with E-state index in [-0.39, 0.29) is 12.5 Å². The summed E-state index contributed by atoms with van der Waals surface area (Å²) in [5.74, 6) is 1.40. The molecule has 6 nitrogen and oxygen atoms in total. The maximum Gasteiger partial charge on any atom is 0.247 e. The van der Waals surface area contributed by atoms with E-state index in [1.165, 1.54) is 0 Å². The van der Waals surface area contributed by atoms with Crippen LogP contribution in [0.5, 0.6) is 0 Å². The van der Waals surface area contributed by atoms with Gasteiger partial charge in [0.05, 0.1) is 0 Å². The molecule has 2 heterocycles. The number of carbonyl (C=O) groups excluding carboxylic acids is 1. The number of likely N-dealkylation sites (tertiary alicyclic amines) is 1. The molecule has 0 aliphatic carbocycles. The second-order valence-electron chi connectivity index (χ2n) is 6.37. The van der Waals surface area contributed by atoms with Crippen LogP contribution in [0, 0.1) is 5.92 Å². The van der Waals surface area contributed by atoms with Crippen LogP contribution >= 0.6 is 11.6 Å². The number of rotatable bonds is 6. The standard InChI is InChI=1S/C18H22ClN3O3/c19-15-5-3-14(4-6-15)18-21-20-16(25-18)7-8-17(24)22-10-1-2-13(12-22)9-11-23/h3-6,13,23H,1-2,7-12H2. The summed E-state index contributed by atoms with van der Waals surface area (Å²) in [6, 6.07) is 7.17. The monoisotopic (exact) mass is 363 g/mol. The van der Waals surface area contributed by atoms with Gasteiger partial charge in [-0.3, -0.25) is 4.79 Å². The Hall–Kier alpha value is -1.92. The summed E-state index contributed by atoms with van der Waals surface area (Å²) in [4.78, 5) is 14.3. The lowest BCUT2D eigenvalue weighted by molar-refractivity contribution is -0.133. The van der Waals surface area contributed by atoms with Crippen LogP contribution in [-0.2, 0) is 11.2 Å². The van der Waals surface area contributed by atoms with Crippen LogP contribution in [0.4, 0.5) is 0 Å². The lowest BCUT2D eigenvalue weighted by Crippen LogP contribution is -2.40. The number of benzene rings is 1. The summed E-state index contributed by atoms with van der Waals surface area (Å²) >= 11 is 5.87. The fraction of sp³-hybridized carbons (Fsp3) is 0.500. The third kappa shape index (κ3) is 4.80. The number of aliphatic hydroxyl groups excluding tert-OH is 1. The Bertz CT molecular complexity index is 700. The van der Waals surface area contributed by atoms with Gasteiger partial charge in [-0.05, 0) is 49.4 Å². The first-order valence-electron chi connectivity index (χ1n) is 8.62. The van der Waals surface area contributed by atoms with Gasteiger partial charge in [0.15, 0.2) is 0 Å². The molecule has 1 aliphatic rings. The van der Waals surface area contributed by atoms with Crippen LogP contribution in [0.1, 0.15) is 31.6 Å². The number of halogens is 1. The van der Waals surface area contributed by atoms with Crippen LogP contribution in [-0.4, -0.2) is 45.8 Å². The summed E-state index contributed by atoms with van der Waals surface area (Å²) in [6.07, 6.45) is 3.63. The molecular formula is C18H22ClN3O3. The fourth-order valence-electron chi connectivity index (χ4n) is 3.15. The van der Waals surface area contributed by atoms with E-state index in [9.17, 15) is 4.79 Å². The Morgan fingerprint density at radius 3 is 2.88 bits per heavy atom. The molecule has 0 bridgehead atoms. The molecule has 1 aliphatic heterocycles. The second-order valence-corrected chi connectivity index (χ2v) is 6.80. The number of hydrogen-bond donors (Lipinski definition) is 1. The second kappa shape index (κ2) is 8.45. The van der Waals surface area contributed by atoms with Crippen molar-refractivity contribution in [2.45, 2.75) is 32.1 Å². The molecule has 1 aromatic heterocycles. The minimum absolute atomic E-state index is 0.105. The number of nitrogens with zero attached hydrogens (tertiary/aromatic N) is 3. The van der Waals surface area contributed by atoms with Gasteiger partial charge in [0.2, 0.25) is 17.7 Å². The van der Waals surface area contributed by atoms with Gasteiger partial charge < -0.3 is 14.4 Å². The molecule has 2 aromatic rings. The molecule has 1 unspecified atom stereocenters. The number of aryl methyl sites for hydroxylation is 1. The largest absolute Gasteiger partial charge is 0.421 e. The zero-order valence-corrected chi connectivity index (χ0v) is 14.8. The van der Waals surface area contributed by atoms with Gasteiger partial charge in [0.25, 0.3) is 0 Å². The van der Waals surface area contributed by atoms with E-state index in [0.29, 0.717) is 35.6 Å². The maximum absolute atomic E-state index is 12.4. The quantitative estimate of drug-likeness (QED) is 0.853. The van der Waals surface area contributed by atoms with Gasteiger partial charge >= 0.3 is 0 Å². The Kier molecular flexibility index (Phi) is 6.04. The Labute approximate surface area is 151 Å². The maximum atomic E-state index is 12.4. The van der Waals surface area contributed by atoms with Crippen molar-refractivity contribution in [1.82, 2.24) is 15.1 Å². The van der Waals surface area contributed by atoms with Crippen molar-refractivity contribution < 1.29 is 14.3 Å². The van der Waals surface area contributed by atoms with Crippen LogP contribution < -0.4 is 0 Å². The molecule has 1 N–H and O–H groups in total. The average molecular weight is 364 g/mol. The normalized spacial score (nSPS) is 17.7. The van der Waals surface area contributed by atoms with Crippen LogP contribution in [0.15, 0.2) is 28.7 Å². The molecule has 1 amide bonds. The predicted molar refractivity (Wildman–Crippen MR) is 94.1 cm³/mol. The highest BCUT2D eigenvalue weighted by Gasteiger charge is 2.23. The highest BCUT2D eigenvalue weighted by molar-refractivity contribution is 6.30. The van der Waals surface area contributed by atoms with Gasteiger partial charge in [-0.25, -0.2) is 0 Å². The van der Waals surface area contributed by atoms with E-state index < -0.39 is 0 Å². The average Bonchev–Trinajstić information content (AvgIpc) is 3.10. The van der Waals surface area contributed by atoms with Crippen molar-refractivity contribution >= 4 is 17.5 Å². The fourth-order valence-corrected chi connectivity index (χ4v) is 3.27. The van der Waals surface area contributed by atoms with Crippen molar-refractivity contribution in [2.75, 3.05) is 19.7 Å². The van der Waals surface area contributed by atoms with E-state index in [1.807, 2.05) is 17.0 Å². The van der Waals surface area contributed by atoms with Crippen LogP contribution in [0.2, 0.25) is 5.02 Å². The summed E-state index contributed by atoms with van der Waals surface area (Å²) in [6.45, 7) is 1.71. The van der Waals surface area contributed by atoms with E-state index in [1.54, 1.807) is 12.1 Å². The van der Waals surface area contributed by atoms with E-state index in [2.05, 4.69) is 10.2 Å². The van der Waals surface area contributed by atoms with Crippen LogP contribution in [0.25, 0.3) is 11.5 Å². The molecule has 0 saturated carbocycles. The molecule has 0 radical (unpaired) electrons. The summed E-state index contributed by atoms with van der Waals surface area (Å²) in [7, 11) is 0. The van der Waals surface area contributed by atoms with Crippen molar-refractivity contribution in [3.63, 3.8) is 0 Å². The van der Waals surface area contributed by atoms with Gasteiger partial charge in [-0.1, -0.05) is 11.6 Å².